The van der Waals surface area contributed by atoms with Crippen molar-refractivity contribution in [2.45, 2.75) is 96.8 Å². The lowest BCUT2D eigenvalue weighted by molar-refractivity contribution is -0.131. The normalized spacial score (nSPS) is 10.8. The van der Waals surface area contributed by atoms with E-state index in [2.05, 4.69) is 12.2 Å². The van der Waals surface area contributed by atoms with Gasteiger partial charge in [-0.1, -0.05) is 90.0 Å². The van der Waals surface area contributed by atoms with Crippen LogP contribution in [0.25, 0.3) is 0 Å². The lowest BCUT2D eigenvalue weighted by Gasteiger charge is -2.02. The fourth-order valence-electron chi connectivity index (χ4n) is 2.75. The Kier molecular flexibility index (Phi) is 28.6. The number of aliphatic carboxylic acids is 1. The van der Waals surface area contributed by atoms with E-state index in [0.29, 0.717) is 13.1 Å². The van der Waals surface area contributed by atoms with Crippen molar-refractivity contribution in [3.05, 3.63) is 12.2 Å². The topological polar surface area (TPSA) is 89.8 Å². The minimum absolute atomic E-state index is 0.139. The van der Waals surface area contributed by atoms with Crippen LogP contribution in [0.1, 0.15) is 96.8 Å². The minimum Gasteiger partial charge on any atom is -0.478 e. The number of unbranched alkanes of at least 4 members (excludes halogenated alkanes) is 13. The van der Waals surface area contributed by atoms with E-state index in [9.17, 15) is 4.79 Å². The maximum Gasteiger partial charge on any atom is 0.327 e. The maximum absolute atomic E-state index is 10.2. The number of carboxylic acids is 1. The second-order valence-corrected chi connectivity index (χ2v) is 6.97. The van der Waals surface area contributed by atoms with Gasteiger partial charge in [-0.2, -0.15) is 0 Å². The summed E-state index contributed by atoms with van der Waals surface area (Å²) >= 11 is 0. The van der Waals surface area contributed by atoms with Crippen molar-refractivity contribution in [1.82, 2.24) is 5.32 Å². The van der Waals surface area contributed by atoms with Crippen molar-refractivity contribution < 1.29 is 20.1 Å². The molecule has 0 aliphatic rings. The Morgan fingerprint density at radius 2 is 1.15 bits per heavy atom. The summed E-state index contributed by atoms with van der Waals surface area (Å²) in [4.78, 5) is 10.2. The molecule has 5 nitrogen and oxygen atoms in total. The molecule has 0 saturated carbocycles. The minimum atomic E-state index is -0.834. The van der Waals surface area contributed by atoms with Gasteiger partial charge in [-0.05, 0) is 12.8 Å². The van der Waals surface area contributed by atoms with Gasteiger partial charge in [0.25, 0.3) is 0 Å². The number of carbonyl (C=O) groups is 1. The van der Waals surface area contributed by atoms with Gasteiger partial charge in [0.1, 0.15) is 0 Å². The lowest BCUT2D eigenvalue weighted by atomic mass is 10.0. The molecule has 0 aromatic rings. The highest BCUT2D eigenvalue weighted by molar-refractivity contribution is 5.79. The number of hydrogen-bond acceptors (Lipinski definition) is 4. The highest BCUT2D eigenvalue weighted by atomic mass is 16.4. The van der Waals surface area contributed by atoms with E-state index in [1.807, 2.05) is 0 Å². The Balaban J connectivity index is 0. The summed E-state index contributed by atoms with van der Waals surface area (Å²) < 4.78 is 0. The van der Waals surface area contributed by atoms with Crippen molar-refractivity contribution in [2.75, 3.05) is 26.3 Å². The highest BCUT2D eigenvalue weighted by Crippen LogP contribution is 2.12. The third-order valence-electron chi connectivity index (χ3n) is 4.31. The second-order valence-electron chi connectivity index (χ2n) is 6.97. The molecule has 0 aromatic heterocycles. The number of nitrogens with one attached hydrogen (secondary N) is 1. The molecule has 0 amide bonds. The van der Waals surface area contributed by atoms with Crippen LogP contribution >= 0.6 is 0 Å². The standard InChI is InChI=1S/C18H34O2.C4H11NO2/c1-2-3-4-5-6-7-8-9-10-11-12-13-14-15-16-17-18(19)20;6-3-1-5-2-4-7/h16-17H,2-15H2,1H3,(H,19,20);5-7H,1-4H2. The van der Waals surface area contributed by atoms with Crippen LogP contribution in [-0.2, 0) is 4.79 Å². The van der Waals surface area contributed by atoms with Crippen LogP contribution in [0.3, 0.4) is 0 Å². The molecule has 0 aliphatic carbocycles. The Hall–Kier alpha value is -0.910. The average molecular weight is 388 g/mol. The fraction of sp³-hybridized carbons (Fsp3) is 0.864. The van der Waals surface area contributed by atoms with Gasteiger partial charge in [0.15, 0.2) is 0 Å². The van der Waals surface area contributed by atoms with Crippen molar-refractivity contribution in [3.8, 4) is 0 Å². The zero-order valence-corrected chi connectivity index (χ0v) is 17.6. The van der Waals surface area contributed by atoms with Gasteiger partial charge in [-0.15, -0.1) is 0 Å². The van der Waals surface area contributed by atoms with Gasteiger partial charge in [-0.3, -0.25) is 0 Å². The molecule has 0 saturated heterocycles. The summed E-state index contributed by atoms with van der Waals surface area (Å²) in [6.45, 7) is 3.68. The van der Waals surface area contributed by atoms with Gasteiger partial charge in [0.05, 0.1) is 13.2 Å². The van der Waals surface area contributed by atoms with Crippen molar-refractivity contribution >= 4 is 5.97 Å². The first-order chi connectivity index (χ1) is 13.2. The fourth-order valence-corrected chi connectivity index (χ4v) is 2.75. The first-order valence-corrected chi connectivity index (χ1v) is 11.0. The molecule has 0 atom stereocenters. The first-order valence-electron chi connectivity index (χ1n) is 11.0. The SMILES string of the molecule is CCCCCCCCCCCCCCCC=CC(=O)O.OCCNCCO. The molecule has 0 rings (SSSR count). The van der Waals surface area contributed by atoms with E-state index in [1.165, 1.54) is 83.1 Å². The smallest absolute Gasteiger partial charge is 0.327 e. The molecule has 0 fully saturated rings. The Morgan fingerprint density at radius 1 is 0.741 bits per heavy atom. The van der Waals surface area contributed by atoms with E-state index < -0.39 is 5.97 Å². The number of aliphatic hydroxyl groups is 2. The quantitative estimate of drug-likeness (QED) is 0.191. The van der Waals surface area contributed by atoms with Crippen molar-refractivity contribution in [2.24, 2.45) is 0 Å². The number of rotatable bonds is 19. The predicted molar refractivity (Wildman–Crippen MR) is 114 cm³/mol. The van der Waals surface area contributed by atoms with Crippen LogP contribution in [-0.4, -0.2) is 47.6 Å². The Morgan fingerprint density at radius 3 is 1.52 bits per heavy atom. The number of carboxylic acid groups (broad SMARTS) is 1. The average Bonchev–Trinajstić information content (AvgIpc) is 2.65. The van der Waals surface area contributed by atoms with E-state index in [0.717, 1.165) is 12.8 Å². The molecule has 0 bridgehead atoms. The van der Waals surface area contributed by atoms with E-state index in [1.54, 1.807) is 6.08 Å². The predicted octanol–water partition coefficient (Wildman–Crippen LogP) is 4.67. The summed E-state index contributed by atoms with van der Waals surface area (Å²) in [5, 5.41) is 27.5. The van der Waals surface area contributed by atoms with Gasteiger partial charge in [0, 0.05) is 19.2 Å². The molecule has 27 heavy (non-hydrogen) atoms. The molecule has 0 spiro atoms. The van der Waals surface area contributed by atoms with Gasteiger partial charge < -0.3 is 20.6 Å². The third kappa shape index (κ3) is 33.1. The molecule has 0 unspecified atom stereocenters. The molecule has 0 heterocycles. The van der Waals surface area contributed by atoms with Crippen LogP contribution in [0, 0.1) is 0 Å². The maximum atomic E-state index is 10.2. The van der Waals surface area contributed by atoms with Crippen LogP contribution in [0.4, 0.5) is 0 Å². The number of hydrogen-bond donors (Lipinski definition) is 4. The van der Waals surface area contributed by atoms with Crippen molar-refractivity contribution in [3.63, 3.8) is 0 Å². The summed E-state index contributed by atoms with van der Waals surface area (Å²) in [6.07, 6.45) is 21.6. The van der Waals surface area contributed by atoms with Crippen LogP contribution in [0.5, 0.6) is 0 Å². The second kappa shape index (κ2) is 27.3. The van der Waals surface area contributed by atoms with Crippen LogP contribution < -0.4 is 5.32 Å². The number of aliphatic hydroxyl groups excluding tert-OH is 2. The van der Waals surface area contributed by atoms with Gasteiger partial charge in [-0.25, -0.2) is 4.79 Å². The third-order valence-corrected chi connectivity index (χ3v) is 4.31. The summed E-state index contributed by atoms with van der Waals surface area (Å²) in [7, 11) is 0. The van der Waals surface area contributed by atoms with E-state index >= 15 is 0 Å². The largest absolute Gasteiger partial charge is 0.478 e. The zero-order valence-electron chi connectivity index (χ0n) is 17.6. The monoisotopic (exact) mass is 387 g/mol. The Bertz CT molecular complexity index is 305. The molecular weight excluding hydrogens is 342 g/mol. The molecule has 162 valence electrons. The van der Waals surface area contributed by atoms with E-state index in [-0.39, 0.29) is 13.2 Å². The first kappa shape index (κ1) is 28.3. The molecule has 0 radical (unpaired) electrons. The molecular formula is C22H45NO4. The van der Waals surface area contributed by atoms with Gasteiger partial charge in [0.2, 0.25) is 0 Å². The number of allylic oxidation sites excluding steroid dienone is 1. The highest BCUT2D eigenvalue weighted by Gasteiger charge is 1.93. The summed E-state index contributed by atoms with van der Waals surface area (Å²) in [5.41, 5.74) is 0. The lowest BCUT2D eigenvalue weighted by Crippen LogP contribution is -2.21. The molecule has 0 aromatic carbocycles. The Labute approximate surface area is 167 Å². The molecule has 5 heteroatoms. The van der Waals surface area contributed by atoms with Crippen LogP contribution in [0.15, 0.2) is 12.2 Å². The molecule has 0 aliphatic heterocycles. The van der Waals surface area contributed by atoms with E-state index in [4.69, 9.17) is 15.3 Å². The zero-order chi connectivity index (χ0) is 20.4. The summed E-state index contributed by atoms with van der Waals surface area (Å²) in [5.74, 6) is -0.834. The van der Waals surface area contributed by atoms with Crippen LogP contribution in [0.2, 0.25) is 0 Å². The summed E-state index contributed by atoms with van der Waals surface area (Å²) in [6, 6.07) is 0. The van der Waals surface area contributed by atoms with Crippen molar-refractivity contribution in [1.29, 1.82) is 0 Å². The van der Waals surface area contributed by atoms with Gasteiger partial charge >= 0.3 is 5.97 Å². The molecule has 4 N–H and O–H groups in total.